The normalized spacial score (nSPS) is 27.4. The summed E-state index contributed by atoms with van der Waals surface area (Å²) in [6.45, 7) is 4.79. The largest absolute Gasteiger partial charge is 0.389 e. The number of hydrogen-bond acceptors (Lipinski definition) is 4. The van der Waals surface area contributed by atoms with E-state index in [2.05, 4.69) is 14.5 Å². The van der Waals surface area contributed by atoms with Crippen LogP contribution in [0.3, 0.4) is 0 Å². The molecule has 2 heterocycles. The van der Waals surface area contributed by atoms with E-state index in [1.54, 1.807) is 6.20 Å². The summed E-state index contributed by atoms with van der Waals surface area (Å²) in [5.41, 5.74) is 0. The molecule has 0 aromatic carbocycles. The van der Waals surface area contributed by atoms with Crippen molar-refractivity contribution in [2.24, 2.45) is 0 Å². The van der Waals surface area contributed by atoms with E-state index < -0.39 is 12.2 Å². The molecule has 2 rings (SSSR count). The van der Waals surface area contributed by atoms with Crippen molar-refractivity contribution in [3.63, 3.8) is 0 Å². The number of aryl methyl sites for hydroxylation is 1. The van der Waals surface area contributed by atoms with E-state index in [0.29, 0.717) is 13.1 Å². The van der Waals surface area contributed by atoms with E-state index in [1.807, 2.05) is 13.1 Å². The first-order valence-corrected chi connectivity index (χ1v) is 5.23. The lowest BCUT2D eigenvalue weighted by molar-refractivity contribution is 0.0572. The first-order valence-electron chi connectivity index (χ1n) is 5.23. The molecule has 0 bridgehead atoms. The first kappa shape index (κ1) is 10.6. The van der Waals surface area contributed by atoms with Gasteiger partial charge in [-0.25, -0.2) is 4.98 Å². The minimum Gasteiger partial charge on any atom is -0.389 e. The zero-order chi connectivity index (χ0) is 10.8. The number of aliphatic hydroxyl groups excluding tert-OH is 2. The Bertz CT molecular complexity index is 316. The Morgan fingerprint density at radius 1 is 1.33 bits per heavy atom. The van der Waals surface area contributed by atoms with Crippen molar-refractivity contribution >= 4 is 0 Å². The van der Waals surface area contributed by atoms with Gasteiger partial charge in [0.1, 0.15) is 5.82 Å². The van der Waals surface area contributed by atoms with E-state index in [0.717, 1.165) is 18.9 Å². The quantitative estimate of drug-likeness (QED) is 0.689. The van der Waals surface area contributed by atoms with Crippen LogP contribution in [0, 0.1) is 6.92 Å². The number of hydrogen-bond donors (Lipinski definition) is 2. The molecule has 5 nitrogen and oxygen atoms in total. The Morgan fingerprint density at radius 3 is 2.53 bits per heavy atom. The van der Waals surface area contributed by atoms with Gasteiger partial charge in [0.2, 0.25) is 0 Å². The summed E-state index contributed by atoms with van der Waals surface area (Å²) in [6, 6.07) is 0. The highest BCUT2D eigenvalue weighted by Gasteiger charge is 2.28. The molecule has 1 aliphatic rings. The highest BCUT2D eigenvalue weighted by atomic mass is 16.3. The molecule has 0 saturated carbocycles. The maximum absolute atomic E-state index is 9.37. The second-order valence-corrected chi connectivity index (χ2v) is 4.06. The van der Waals surface area contributed by atoms with Crippen molar-refractivity contribution in [2.75, 3.05) is 19.6 Å². The Labute approximate surface area is 89.0 Å². The van der Waals surface area contributed by atoms with Gasteiger partial charge in [0.05, 0.1) is 12.2 Å². The number of likely N-dealkylation sites (tertiary alicyclic amines) is 1. The second kappa shape index (κ2) is 4.30. The van der Waals surface area contributed by atoms with Crippen LogP contribution < -0.4 is 0 Å². The third-order valence-electron chi connectivity index (χ3n) is 2.92. The Kier molecular flexibility index (Phi) is 3.04. The summed E-state index contributed by atoms with van der Waals surface area (Å²) in [6.07, 6.45) is 2.55. The van der Waals surface area contributed by atoms with Gasteiger partial charge in [-0.2, -0.15) is 0 Å². The number of β-amino-alcohol motifs (C(OH)–C–C–N with tert-alkyl or cyclic N) is 2. The van der Waals surface area contributed by atoms with Crippen LogP contribution >= 0.6 is 0 Å². The summed E-state index contributed by atoms with van der Waals surface area (Å²) in [7, 11) is 0. The number of rotatable bonds is 3. The van der Waals surface area contributed by atoms with Gasteiger partial charge in [0.15, 0.2) is 0 Å². The fraction of sp³-hybridized carbons (Fsp3) is 0.700. The van der Waals surface area contributed by atoms with E-state index in [9.17, 15) is 10.2 Å². The van der Waals surface area contributed by atoms with E-state index in [1.165, 1.54) is 0 Å². The first-order chi connectivity index (χ1) is 7.16. The van der Waals surface area contributed by atoms with Crippen LogP contribution in [-0.2, 0) is 6.54 Å². The molecular weight excluding hydrogens is 194 g/mol. The molecule has 15 heavy (non-hydrogen) atoms. The van der Waals surface area contributed by atoms with Crippen LogP contribution in [0.5, 0.6) is 0 Å². The third-order valence-corrected chi connectivity index (χ3v) is 2.92. The van der Waals surface area contributed by atoms with Crippen molar-refractivity contribution in [1.82, 2.24) is 14.5 Å². The van der Waals surface area contributed by atoms with Crippen LogP contribution in [0.1, 0.15) is 5.82 Å². The highest BCUT2D eigenvalue weighted by Crippen LogP contribution is 2.09. The van der Waals surface area contributed by atoms with Gasteiger partial charge in [0.25, 0.3) is 0 Å². The average molecular weight is 211 g/mol. The summed E-state index contributed by atoms with van der Waals surface area (Å²) in [5.74, 6) is 0.996. The molecule has 2 N–H and O–H groups in total. The number of aliphatic hydroxyl groups is 2. The Morgan fingerprint density at radius 2 is 2.00 bits per heavy atom. The smallest absolute Gasteiger partial charge is 0.105 e. The minimum atomic E-state index is -0.589. The topological polar surface area (TPSA) is 61.5 Å². The monoisotopic (exact) mass is 211 g/mol. The van der Waals surface area contributed by atoms with E-state index >= 15 is 0 Å². The van der Waals surface area contributed by atoms with Crippen LogP contribution in [0.25, 0.3) is 0 Å². The van der Waals surface area contributed by atoms with Gasteiger partial charge in [0, 0.05) is 38.6 Å². The molecule has 2 atom stereocenters. The second-order valence-electron chi connectivity index (χ2n) is 4.06. The van der Waals surface area contributed by atoms with Crippen LogP contribution in [0.4, 0.5) is 0 Å². The zero-order valence-electron chi connectivity index (χ0n) is 8.87. The lowest BCUT2D eigenvalue weighted by Gasteiger charge is -2.15. The van der Waals surface area contributed by atoms with E-state index in [-0.39, 0.29) is 0 Å². The molecular formula is C10H17N3O2. The van der Waals surface area contributed by atoms with Crippen LogP contribution in [-0.4, -0.2) is 56.5 Å². The zero-order valence-corrected chi connectivity index (χ0v) is 8.87. The predicted octanol–water partition coefficient (Wildman–Crippen LogP) is -0.771. The molecule has 0 unspecified atom stereocenters. The fourth-order valence-corrected chi connectivity index (χ4v) is 1.92. The summed E-state index contributed by atoms with van der Waals surface area (Å²) in [5, 5.41) is 18.7. The minimum absolute atomic E-state index is 0.564. The van der Waals surface area contributed by atoms with Gasteiger partial charge in [-0.05, 0) is 6.92 Å². The van der Waals surface area contributed by atoms with Gasteiger partial charge in [-0.3, -0.25) is 4.90 Å². The number of imidazole rings is 1. The van der Waals surface area contributed by atoms with Gasteiger partial charge < -0.3 is 14.8 Å². The maximum atomic E-state index is 9.37. The molecule has 5 heteroatoms. The van der Waals surface area contributed by atoms with E-state index in [4.69, 9.17) is 0 Å². The maximum Gasteiger partial charge on any atom is 0.105 e. The van der Waals surface area contributed by atoms with Crippen molar-refractivity contribution in [1.29, 1.82) is 0 Å². The van der Waals surface area contributed by atoms with Crippen molar-refractivity contribution in [2.45, 2.75) is 25.7 Å². The van der Waals surface area contributed by atoms with Crippen LogP contribution in [0.2, 0.25) is 0 Å². The molecule has 1 aromatic rings. The summed E-state index contributed by atoms with van der Waals surface area (Å²) in [4.78, 5) is 6.20. The third kappa shape index (κ3) is 2.37. The molecule has 1 fully saturated rings. The van der Waals surface area contributed by atoms with Crippen molar-refractivity contribution in [3.8, 4) is 0 Å². The predicted molar refractivity (Wildman–Crippen MR) is 55.4 cm³/mol. The number of nitrogens with zero attached hydrogens (tertiary/aromatic N) is 3. The van der Waals surface area contributed by atoms with Crippen molar-refractivity contribution in [3.05, 3.63) is 18.2 Å². The molecule has 0 radical (unpaired) electrons. The Hall–Kier alpha value is -0.910. The summed E-state index contributed by atoms with van der Waals surface area (Å²) >= 11 is 0. The highest BCUT2D eigenvalue weighted by molar-refractivity contribution is 4.89. The standard InChI is InChI=1S/C10H17N3O2/c1-8-11-2-3-13(8)5-4-12-6-9(14)10(15)7-12/h2-3,9-10,14-15H,4-7H2,1H3/t9-,10+. The SMILES string of the molecule is Cc1nccn1CCN1C[C@@H](O)[C@@H](O)C1. The molecule has 84 valence electrons. The molecule has 1 aromatic heterocycles. The number of aromatic nitrogens is 2. The molecule has 0 amide bonds. The lowest BCUT2D eigenvalue weighted by Crippen LogP contribution is -2.26. The van der Waals surface area contributed by atoms with Crippen LogP contribution in [0.15, 0.2) is 12.4 Å². The van der Waals surface area contributed by atoms with Crippen molar-refractivity contribution < 1.29 is 10.2 Å². The fourth-order valence-electron chi connectivity index (χ4n) is 1.92. The summed E-state index contributed by atoms with van der Waals surface area (Å²) < 4.78 is 2.07. The Balaban J connectivity index is 1.82. The van der Waals surface area contributed by atoms with Gasteiger partial charge in [-0.1, -0.05) is 0 Å². The van der Waals surface area contributed by atoms with Gasteiger partial charge >= 0.3 is 0 Å². The van der Waals surface area contributed by atoms with Gasteiger partial charge in [-0.15, -0.1) is 0 Å². The molecule has 0 spiro atoms. The average Bonchev–Trinajstić information content (AvgIpc) is 2.72. The molecule has 0 aliphatic carbocycles. The molecule has 1 saturated heterocycles. The lowest BCUT2D eigenvalue weighted by atomic mass is 10.3. The molecule has 1 aliphatic heterocycles.